The molecule has 0 atom stereocenters. The highest BCUT2D eigenvalue weighted by Gasteiger charge is 2.09. The molecule has 2 rings (SSSR count). The summed E-state index contributed by atoms with van der Waals surface area (Å²) in [4.78, 5) is 0. The van der Waals surface area contributed by atoms with Gasteiger partial charge in [0.05, 0.1) is 17.3 Å². The van der Waals surface area contributed by atoms with E-state index in [0.29, 0.717) is 23.5 Å². The molecule has 2 aromatic rings. The average molecular weight is 226 g/mol. The van der Waals surface area contributed by atoms with Gasteiger partial charge in [0.1, 0.15) is 5.58 Å². The standard InChI is InChI=1S/C14H14N2O/c1-3-10(8-15)14(16)13-7-11-6-9(2)4-5-12(11)17-13/h4-7H,3,16H2,1-2H3/b14-10-. The van der Waals surface area contributed by atoms with E-state index < -0.39 is 0 Å². The molecule has 0 aliphatic rings. The van der Waals surface area contributed by atoms with Gasteiger partial charge in [-0.05, 0) is 31.5 Å². The summed E-state index contributed by atoms with van der Waals surface area (Å²) < 4.78 is 5.64. The fraction of sp³-hybridized carbons (Fsp3) is 0.214. The number of furan rings is 1. The van der Waals surface area contributed by atoms with Crippen molar-refractivity contribution in [1.82, 2.24) is 0 Å². The van der Waals surface area contributed by atoms with Crippen LogP contribution in [0.4, 0.5) is 0 Å². The minimum Gasteiger partial charge on any atom is -0.455 e. The van der Waals surface area contributed by atoms with Crippen LogP contribution in [0, 0.1) is 18.3 Å². The monoisotopic (exact) mass is 226 g/mol. The normalized spacial score (nSPS) is 12.3. The molecule has 0 saturated carbocycles. The molecule has 17 heavy (non-hydrogen) atoms. The summed E-state index contributed by atoms with van der Waals surface area (Å²) in [6.45, 7) is 3.93. The summed E-state index contributed by atoms with van der Waals surface area (Å²) in [5, 5.41) is 9.96. The first kappa shape index (κ1) is 11.3. The maximum atomic E-state index is 8.95. The van der Waals surface area contributed by atoms with Crippen molar-refractivity contribution in [3.8, 4) is 6.07 Å². The third kappa shape index (κ3) is 2.02. The fourth-order valence-corrected chi connectivity index (χ4v) is 1.77. The number of hydrogen-bond donors (Lipinski definition) is 1. The average Bonchev–Trinajstić information content (AvgIpc) is 2.73. The lowest BCUT2D eigenvalue weighted by Gasteiger charge is -1.98. The van der Waals surface area contributed by atoms with Crippen LogP contribution in [0.25, 0.3) is 16.7 Å². The van der Waals surface area contributed by atoms with E-state index in [4.69, 9.17) is 15.4 Å². The first-order chi connectivity index (χ1) is 8.15. The first-order valence-electron chi connectivity index (χ1n) is 5.55. The molecule has 1 aromatic carbocycles. The Bertz CT molecular complexity index is 629. The molecular weight excluding hydrogens is 212 g/mol. The number of nitrogens with zero attached hydrogens (tertiary/aromatic N) is 1. The number of fused-ring (bicyclic) bond motifs is 1. The summed E-state index contributed by atoms with van der Waals surface area (Å²) in [5.41, 5.74) is 8.88. The molecule has 1 aromatic heterocycles. The van der Waals surface area contributed by atoms with Crippen molar-refractivity contribution >= 4 is 16.7 Å². The second-order valence-electron chi connectivity index (χ2n) is 4.01. The lowest BCUT2D eigenvalue weighted by atomic mass is 10.1. The molecule has 0 aliphatic carbocycles. The van der Waals surface area contributed by atoms with Gasteiger partial charge in [-0.15, -0.1) is 0 Å². The van der Waals surface area contributed by atoms with Crippen LogP contribution in [0.1, 0.15) is 24.7 Å². The van der Waals surface area contributed by atoms with Crippen molar-refractivity contribution in [1.29, 1.82) is 5.26 Å². The Morgan fingerprint density at radius 2 is 2.18 bits per heavy atom. The van der Waals surface area contributed by atoms with Crippen LogP contribution < -0.4 is 5.73 Å². The van der Waals surface area contributed by atoms with E-state index >= 15 is 0 Å². The molecular formula is C14H14N2O. The summed E-state index contributed by atoms with van der Waals surface area (Å²) in [6, 6.07) is 9.92. The molecule has 0 spiro atoms. The molecule has 3 heteroatoms. The van der Waals surface area contributed by atoms with E-state index in [-0.39, 0.29) is 0 Å². The van der Waals surface area contributed by atoms with Crippen LogP contribution in [0.15, 0.2) is 34.3 Å². The second kappa shape index (κ2) is 4.34. The van der Waals surface area contributed by atoms with Gasteiger partial charge in [0.25, 0.3) is 0 Å². The van der Waals surface area contributed by atoms with Gasteiger partial charge in [0, 0.05) is 5.39 Å². The van der Waals surface area contributed by atoms with Crippen molar-refractivity contribution in [2.75, 3.05) is 0 Å². The summed E-state index contributed by atoms with van der Waals surface area (Å²) in [6.07, 6.45) is 0.610. The van der Waals surface area contributed by atoms with Crippen LogP contribution in [-0.4, -0.2) is 0 Å². The predicted molar refractivity (Wildman–Crippen MR) is 68.0 cm³/mol. The molecule has 0 unspecified atom stereocenters. The first-order valence-corrected chi connectivity index (χ1v) is 5.55. The van der Waals surface area contributed by atoms with Gasteiger partial charge < -0.3 is 10.2 Å². The van der Waals surface area contributed by atoms with E-state index in [0.717, 1.165) is 11.0 Å². The van der Waals surface area contributed by atoms with E-state index in [2.05, 4.69) is 6.07 Å². The van der Waals surface area contributed by atoms with Crippen LogP contribution in [0.2, 0.25) is 0 Å². The lowest BCUT2D eigenvalue weighted by Crippen LogP contribution is -1.98. The van der Waals surface area contributed by atoms with Gasteiger partial charge >= 0.3 is 0 Å². The zero-order valence-corrected chi connectivity index (χ0v) is 9.95. The number of rotatable bonds is 2. The molecule has 0 bridgehead atoms. The maximum absolute atomic E-state index is 8.95. The largest absolute Gasteiger partial charge is 0.455 e. The third-order valence-corrected chi connectivity index (χ3v) is 2.75. The molecule has 0 fully saturated rings. The molecule has 1 heterocycles. The van der Waals surface area contributed by atoms with Crippen LogP contribution in [0.5, 0.6) is 0 Å². The molecule has 3 nitrogen and oxygen atoms in total. The van der Waals surface area contributed by atoms with E-state index in [1.54, 1.807) is 0 Å². The van der Waals surface area contributed by atoms with Gasteiger partial charge in [-0.25, -0.2) is 0 Å². The Kier molecular flexibility index (Phi) is 2.88. The lowest BCUT2D eigenvalue weighted by molar-refractivity contribution is 0.597. The van der Waals surface area contributed by atoms with Crippen molar-refractivity contribution in [3.05, 3.63) is 41.2 Å². The Morgan fingerprint density at radius 3 is 2.82 bits per heavy atom. The molecule has 86 valence electrons. The summed E-state index contributed by atoms with van der Waals surface area (Å²) in [7, 11) is 0. The molecule has 0 aliphatic heterocycles. The Labute approximate surface area is 100 Å². The summed E-state index contributed by atoms with van der Waals surface area (Å²) in [5.74, 6) is 0.573. The number of hydrogen-bond acceptors (Lipinski definition) is 3. The predicted octanol–water partition coefficient (Wildman–Crippen LogP) is 3.34. The third-order valence-electron chi connectivity index (χ3n) is 2.75. The van der Waals surface area contributed by atoms with E-state index in [9.17, 15) is 0 Å². The van der Waals surface area contributed by atoms with Crippen molar-refractivity contribution in [3.63, 3.8) is 0 Å². The molecule has 0 radical (unpaired) electrons. The number of aryl methyl sites for hydroxylation is 1. The molecule has 0 amide bonds. The number of allylic oxidation sites excluding steroid dienone is 1. The number of nitrogens with two attached hydrogens (primary N) is 1. The molecule has 2 N–H and O–H groups in total. The SMILES string of the molecule is CC/C(C#N)=C(/N)c1cc2cc(C)ccc2o1. The maximum Gasteiger partial charge on any atom is 0.152 e. The highest BCUT2D eigenvalue weighted by Crippen LogP contribution is 2.25. The van der Waals surface area contributed by atoms with Gasteiger partial charge in [0.2, 0.25) is 0 Å². The Hall–Kier alpha value is -2.21. The highest BCUT2D eigenvalue weighted by atomic mass is 16.3. The Balaban J connectivity index is 2.58. The fourth-order valence-electron chi connectivity index (χ4n) is 1.77. The van der Waals surface area contributed by atoms with Crippen LogP contribution in [0.3, 0.4) is 0 Å². The highest BCUT2D eigenvalue weighted by molar-refractivity contribution is 5.83. The number of nitriles is 1. The van der Waals surface area contributed by atoms with Gasteiger partial charge in [-0.1, -0.05) is 18.6 Å². The number of benzene rings is 1. The zero-order valence-electron chi connectivity index (χ0n) is 9.95. The van der Waals surface area contributed by atoms with E-state index in [1.807, 2.05) is 38.1 Å². The smallest absolute Gasteiger partial charge is 0.152 e. The minimum atomic E-state index is 0.434. The molecule has 0 saturated heterocycles. The topological polar surface area (TPSA) is 63.0 Å². The van der Waals surface area contributed by atoms with Gasteiger partial charge in [-0.2, -0.15) is 5.26 Å². The quantitative estimate of drug-likeness (QED) is 0.799. The summed E-state index contributed by atoms with van der Waals surface area (Å²) >= 11 is 0. The van der Waals surface area contributed by atoms with Gasteiger partial charge in [0.15, 0.2) is 5.76 Å². The second-order valence-corrected chi connectivity index (χ2v) is 4.01. The van der Waals surface area contributed by atoms with Crippen molar-refractivity contribution in [2.24, 2.45) is 5.73 Å². The Morgan fingerprint density at radius 1 is 1.41 bits per heavy atom. The van der Waals surface area contributed by atoms with Crippen LogP contribution in [-0.2, 0) is 0 Å². The van der Waals surface area contributed by atoms with Gasteiger partial charge in [-0.3, -0.25) is 0 Å². The van der Waals surface area contributed by atoms with E-state index in [1.165, 1.54) is 5.56 Å². The minimum absolute atomic E-state index is 0.434. The zero-order chi connectivity index (χ0) is 12.4. The van der Waals surface area contributed by atoms with Crippen molar-refractivity contribution in [2.45, 2.75) is 20.3 Å². The van der Waals surface area contributed by atoms with Crippen molar-refractivity contribution < 1.29 is 4.42 Å². The van der Waals surface area contributed by atoms with Crippen LogP contribution >= 0.6 is 0 Å².